The molecule has 10 heteroatoms. The van der Waals surface area contributed by atoms with Gasteiger partial charge in [0.05, 0.1) is 17.3 Å². The molecule has 1 unspecified atom stereocenters. The van der Waals surface area contributed by atoms with Gasteiger partial charge in [0.1, 0.15) is 22.5 Å². The number of hydrogen-bond donors (Lipinski definition) is 3. The molecule has 0 fully saturated rings. The molecule has 0 aliphatic carbocycles. The smallest absolute Gasteiger partial charge is 0.327 e. The maximum Gasteiger partial charge on any atom is 0.327 e. The number of aliphatic carboxylic acids is 1. The average Bonchev–Trinajstić information content (AvgIpc) is 2.79. The number of aryl methyl sites for hydroxylation is 1. The van der Waals surface area contributed by atoms with E-state index in [1.165, 1.54) is 31.2 Å². The lowest BCUT2D eigenvalue weighted by Crippen LogP contribution is -2.43. The number of anilines is 1. The van der Waals surface area contributed by atoms with E-state index >= 15 is 0 Å². The summed E-state index contributed by atoms with van der Waals surface area (Å²) >= 11 is 6.14. The van der Waals surface area contributed by atoms with Gasteiger partial charge in [0.25, 0.3) is 10.0 Å². The minimum Gasteiger partial charge on any atom is -0.493 e. The monoisotopic (exact) mass is 515 g/mol. The molecule has 0 radical (unpaired) electrons. The molecule has 3 rings (SSSR count). The predicted molar refractivity (Wildman–Crippen MR) is 136 cm³/mol. The highest BCUT2D eigenvalue weighted by Crippen LogP contribution is 2.33. The molecule has 0 amide bonds. The Morgan fingerprint density at radius 2 is 1.80 bits per heavy atom. The number of benzene rings is 3. The Hall–Kier alpha value is -3.56. The summed E-state index contributed by atoms with van der Waals surface area (Å²) in [6.45, 7) is 3.36. The number of carbonyl (C=O) groups is 1. The van der Waals surface area contributed by atoms with Crippen LogP contribution in [0.3, 0.4) is 0 Å². The number of carboxylic acid groups (broad SMARTS) is 1. The predicted octanol–water partition coefficient (Wildman–Crippen LogP) is 4.22. The van der Waals surface area contributed by atoms with E-state index in [0.717, 1.165) is 9.87 Å². The zero-order chi connectivity index (χ0) is 25.8. The van der Waals surface area contributed by atoms with Crippen LogP contribution in [-0.4, -0.2) is 38.0 Å². The van der Waals surface area contributed by atoms with Gasteiger partial charge in [0.15, 0.2) is 0 Å². The van der Waals surface area contributed by atoms with Crippen molar-refractivity contribution in [3.63, 3.8) is 0 Å². The Kier molecular flexibility index (Phi) is 8.03. The summed E-state index contributed by atoms with van der Waals surface area (Å²) in [6.07, 6.45) is 0.564. The summed E-state index contributed by atoms with van der Waals surface area (Å²) in [4.78, 5) is 11.7. The standard InChI is InChI=1S/C25H26ClN3O5S/c1-16-13-20(15-21(14-16)34-12-11-18-7-9-19(10-8-18)24(27)28)29(17(2)25(30)31)35(32,33)23-6-4-3-5-22(23)26/h3-10,13-15,17H,11-12H2,1-2H3,(H3,27,28)(H,30,31). The number of sulfonamides is 1. The number of hydrogen-bond acceptors (Lipinski definition) is 5. The van der Waals surface area contributed by atoms with Gasteiger partial charge in [-0.15, -0.1) is 0 Å². The number of rotatable bonds is 10. The van der Waals surface area contributed by atoms with Gasteiger partial charge in [0, 0.05) is 18.1 Å². The van der Waals surface area contributed by atoms with E-state index in [2.05, 4.69) is 0 Å². The second kappa shape index (κ2) is 10.8. The summed E-state index contributed by atoms with van der Waals surface area (Å²) in [5.41, 5.74) is 7.93. The van der Waals surface area contributed by atoms with Gasteiger partial charge >= 0.3 is 5.97 Å². The molecule has 0 spiro atoms. The van der Waals surface area contributed by atoms with Crippen LogP contribution in [0.2, 0.25) is 5.02 Å². The fourth-order valence-electron chi connectivity index (χ4n) is 3.51. The number of nitrogen functional groups attached to an aromatic ring is 1. The first-order valence-electron chi connectivity index (χ1n) is 10.7. The molecule has 0 bridgehead atoms. The number of amidine groups is 1. The molecule has 3 aromatic carbocycles. The molecule has 0 saturated carbocycles. The summed E-state index contributed by atoms with van der Waals surface area (Å²) in [6, 6.07) is 16.5. The highest BCUT2D eigenvalue weighted by molar-refractivity contribution is 7.93. The van der Waals surface area contributed by atoms with Gasteiger partial charge in [-0.25, -0.2) is 13.2 Å². The Morgan fingerprint density at radius 3 is 2.40 bits per heavy atom. The molecule has 0 aromatic heterocycles. The van der Waals surface area contributed by atoms with Crippen LogP contribution in [0.5, 0.6) is 5.75 Å². The van der Waals surface area contributed by atoms with Crippen molar-refractivity contribution in [3.05, 3.63) is 88.4 Å². The van der Waals surface area contributed by atoms with E-state index in [4.69, 9.17) is 27.5 Å². The van der Waals surface area contributed by atoms with E-state index in [1.807, 2.05) is 12.1 Å². The number of ether oxygens (including phenoxy) is 1. The molecule has 0 saturated heterocycles. The maximum atomic E-state index is 13.5. The number of carboxylic acids is 1. The largest absolute Gasteiger partial charge is 0.493 e. The number of nitrogens with two attached hydrogens (primary N) is 1. The van der Waals surface area contributed by atoms with Gasteiger partial charge in [-0.1, -0.05) is 48.0 Å². The third kappa shape index (κ3) is 6.12. The Morgan fingerprint density at radius 1 is 1.14 bits per heavy atom. The van der Waals surface area contributed by atoms with Crippen LogP contribution in [-0.2, 0) is 21.2 Å². The average molecular weight is 516 g/mol. The van der Waals surface area contributed by atoms with Crippen LogP contribution in [0.4, 0.5) is 5.69 Å². The first kappa shape index (κ1) is 26.1. The van der Waals surface area contributed by atoms with E-state index in [9.17, 15) is 18.3 Å². The van der Waals surface area contributed by atoms with Gasteiger partial charge < -0.3 is 15.6 Å². The summed E-state index contributed by atoms with van der Waals surface area (Å²) in [5.74, 6) is -0.914. The van der Waals surface area contributed by atoms with Gasteiger partial charge in [-0.2, -0.15) is 0 Å². The molecule has 3 aromatic rings. The highest BCUT2D eigenvalue weighted by Gasteiger charge is 2.35. The van der Waals surface area contributed by atoms with E-state index < -0.39 is 22.0 Å². The normalized spacial score (nSPS) is 12.1. The fourth-order valence-corrected chi connectivity index (χ4v) is 5.60. The lowest BCUT2D eigenvalue weighted by molar-refractivity contribution is -0.137. The minimum absolute atomic E-state index is 0.00462. The fraction of sp³-hybridized carbons (Fsp3) is 0.200. The number of nitrogens with one attached hydrogen (secondary N) is 1. The van der Waals surface area contributed by atoms with Crippen molar-refractivity contribution < 1.29 is 23.1 Å². The van der Waals surface area contributed by atoms with Gasteiger partial charge in [0.2, 0.25) is 0 Å². The molecule has 0 heterocycles. The molecular weight excluding hydrogens is 490 g/mol. The first-order chi connectivity index (χ1) is 16.5. The summed E-state index contributed by atoms with van der Waals surface area (Å²) < 4.78 is 33.7. The lowest BCUT2D eigenvalue weighted by atomic mass is 10.1. The summed E-state index contributed by atoms with van der Waals surface area (Å²) in [7, 11) is -4.30. The van der Waals surface area contributed by atoms with Crippen molar-refractivity contribution in [1.82, 2.24) is 0 Å². The zero-order valence-electron chi connectivity index (χ0n) is 19.2. The van der Waals surface area contributed by atoms with Crippen LogP contribution in [0.25, 0.3) is 0 Å². The van der Waals surface area contributed by atoms with E-state index in [0.29, 0.717) is 29.9 Å². The van der Waals surface area contributed by atoms with Crippen LogP contribution in [0.15, 0.2) is 71.6 Å². The zero-order valence-corrected chi connectivity index (χ0v) is 20.8. The molecular formula is C25H26ClN3O5S. The number of halogens is 1. The highest BCUT2D eigenvalue weighted by atomic mass is 35.5. The Labute approximate surface area is 209 Å². The van der Waals surface area contributed by atoms with Crippen LogP contribution in [0, 0.1) is 12.3 Å². The minimum atomic E-state index is -4.30. The molecule has 0 aliphatic heterocycles. The van der Waals surface area contributed by atoms with Crippen molar-refractivity contribution >= 4 is 39.1 Å². The maximum absolute atomic E-state index is 13.5. The number of nitrogens with zero attached hydrogens (tertiary/aromatic N) is 1. The molecule has 0 aliphatic rings. The molecule has 1 atom stereocenters. The van der Waals surface area contributed by atoms with Crippen molar-refractivity contribution in [2.45, 2.75) is 31.2 Å². The second-order valence-corrected chi connectivity index (χ2v) is 10.1. The van der Waals surface area contributed by atoms with Gasteiger partial charge in [-0.05, 0) is 49.2 Å². The van der Waals surface area contributed by atoms with E-state index in [-0.39, 0.29) is 21.4 Å². The quantitative estimate of drug-likeness (QED) is 0.273. The molecule has 35 heavy (non-hydrogen) atoms. The van der Waals surface area contributed by atoms with Crippen LogP contribution in [0.1, 0.15) is 23.6 Å². The van der Waals surface area contributed by atoms with Crippen molar-refractivity contribution in [2.75, 3.05) is 10.9 Å². The topological polar surface area (TPSA) is 134 Å². The lowest BCUT2D eigenvalue weighted by Gasteiger charge is -2.29. The van der Waals surface area contributed by atoms with Crippen LogP contribution < -0.4 is 14.8 Å². The Bertz CT molecular complexity index is 1340. The second-order valence-electron chi connectivity index (χ2n) is 7.96. The molecule has 4 N–H and O–H groups in total. The SMILES string of the molecule is Cc1cc(OCCc2ccc(C(=N)N)cc2)cc(N(C(C)C(=O)O)S(=O)(=O)c2ccccc2Cl)c1. The third-order valence-corrected chi connectivity index (χ3v) is 7.70. The van der Waals surface area contributed by atoms with Crippen molar-refractivity contribution in [1.29, 1.82) is 5.41 Å². The molecule has 184 valence electrons. The Balaban J connectivity index is 1.89. The first-order valence-corrected chi connectivity index (χ1v) is 12.5. The summed E-state index contributed by atoms with van der Waals surface area (Å²) in [5, 5.41) is 17.1. The molecule has 8 nitrogen and oxygen atoms in total. The van der Waals surface area contributed by atoms with Crippen molar-refractivity contribution in [3.8, 4) is 5.75 Å². The van der Waals surface area contributed by atoms with Gasteiger partial charge in [-0.3, -0.25) is 9.71 Å². The van der Waals surface area contributed by atoms with Crippen LogP contribution >= 0.6 is 11.6 Å². The van der Waals surface area contributed by atoms with E-state index in [1.54, 1.807) is 37.3 Å². The third-order valence-electron chi connectivity index (χ3n) is 5.30. The van der Waals surface area contributed by atoms with Crippen molar-refractivity contribution in [2.24, 2.45) is 5.73 Å².